The van der Waals surface area contributed by atoms with Gasteiger partial charge in [-0.15, -0.1) is 0 Å². The molecule has 1 aliphatic carbocycles. The molecule has 1 fully saturated rings. The highest BCUT2D eigenvalue weighted by Gasteiger charge is 2.17. The molecule has 0 aromatic heterocycles. The number of anilines is 1. The van der Waals surface area contributed by atoms with Crippen molar-refractivity contribution in [2.45, 2.75) is 51.7 Å². The number of carbonyl (C=O) groups is 1. The number of nitrogens with zero attached hydrogens (tertiary/aromatic N) is 1. The summed E-state index contributed by atoms with van der Waals surface area (Å²) in [7, 11) is 0. The molecule has 3 nitrogen and oxygen atoms in total. The third kappa shape index (κ3) is 6.06. The van der Waals surface area contributed by atoms with Crippen LogP contribution in [0.15, 0.2) is 53.6 Å². The molecule has 3 rings (SSSR count). The normalized spacial score (nSPS) is 20.0. The van der Waals surface area contributed by atoms with Crippen molar-refractivity contribution in [2.75, 3.05) is 18.0 Å². The summed E-state index contributed by atoms with van der Waals surface area (Å²) in [5, 5.41) is 2.92. The lowest BCUT2D eigenvalue weighted by Gasteiger charge is -2.30. The fraction of sp³-hybridized carbons (Fsp3) is 0.400. The summed E-state index contributed by atoms with van der Waals surface area (Å²) in [5.74, 6) is 4.87. The summed E-state index contributed by atoms with van der Waals surface area (Å²) in [5.41, 5.74) is 3.05. The van der Waals surface area contributed by atoms with Gasteiger partial charge in [-0.2, -0.15) is 0 Å². The van der Waals surface area contributed by atoms with Crippen molar-refractivity contribution in [3.63, 3.8) is 0 Å². The molecule has 2 aliphatic rings. The van der Waals surface area contributed by atoms with E-state index in [4.69, 9.17) is 0 Å². The van der Waals surface area contributed by atoms with E-state index >= 15 is 0 Å². The predicted octanol–water partition coefficient (Wildman–Crippen LogP) is 5.17. The SMILES string of the molecule is CC1=CC(F)C#CC(CC=CC(=O)NC(C)c2ccc(F)c(N3CCCCC3)c2)=C1. The molecule has 0 saturated carbocycles. The van der Waals surface area contributed by atoms with E-state index in [1.807, 2.05) is 26.0 Å². The van der Waals surface area contributed by atoms with E-state index in [1.54, 1.807) is 12.1 Å². The van der Waals surface area contributed by atoms with Gasteiger partial charge in [0.2, 0.25) is 5.91 Å². The van der Waals surface area contributed by atoms with Gasteiger partial charge in [-0.3, -0.25) is 4.79 Å². The number of hydrogen-bond acceptors (Lipinski definition) is 2. The van der Waals surface area contributed by atoms with E-state index < -0.39 is 6.17 Å². The predicted molar refractivity (Wildman–Crippen MR) is 117 cm³/mol. The number of piperidine rings is 1. The van der Waals surface area contributed by atoms with E-state index in [2.05, 4.69) is 22.1 Å². The van der Waals surface area contributed by atoms with Crippen molar-refractivity contribution >= 4 is 11.6 Å². The molecular weight excluding hydrogens is 382 g/mol. The Kier molecular flexibility index (Phi) is 7.46. The molecule has 5 heteroatoms. The van der Waals surface area contributed by atoms with E-state index in [0.29, 0.717) is 12.1 Å². The number of carbonyl (C=O) groups excluding carboxylic acids is 1. The number of alkyl halides is 1. The minimum absolute atomic E-state index is 0.225. The van der Waals surface area contributed by atoms with Gasteiger partial charge in [0.1, 0.15) is 5.82 Å². The molecule has 1 aliphatic heterocycles. The zero-order valence-corrected chi connectivity index (χ0v) is 17.6. The highest BCUT2D eigenvalue weighted by atomic mass is 19.1. The summed E-state index contributed by atoms with van der Waals surface area (Å²) >= 11 is 0. The second-order valence-corrected chi connectivity index (χ2v) is 7.85. The van der Waals surface area contributed by atoms with Crippen molar-refractivity contribution in [3.05, 3.63) is 65.0 Å². The van der Waals surface area contributed by atoms with Crippen molar-refractivity contribution in [1.82, 2.24) is 5.32 Å². The fourth-order valence-corrected chi connectivity index (χ4v) is 3.72. The maximum Gasteiger partial charge on any atom is 0.244 e. The van der Waals surface area contributed by atoms with Crippen molar-refractivity contribution in [1.29, 1.82) is 0 Å². The zero-order valence-electron chi connectivity index (χ0n) is 17.6. The van der Waals surface area contributed by atoms with Crippen LogP contribution in [0.3, 0.4) is 0 Å². The highest BCUT2D eigenvalue weighted by molar-refractivity contribution is 5.87. The Bertz CT molecular complexity index is 930. The number of benzene rings is 1. The first kappa shape index (κ1) is 21.8. The molecule has 2 atom stereocenters. The Morgan fingerprint density at radius 1 is 1.33 bits per heavy atom. The summed E-state index contributed by atoms with van der Waals surface area (Å²) in [6.07, 6.45) is 9.02. The van der Waals surface area contributed by atoms with Crippen molar-refractivity contribution in [2.24, 2.45) is 0 Å². The number of nitrogens with one attached hydrogen (secondary N) is 1. The third-order valence-electron chi connectivity index (χ3n) is 5.31. The maximum atomic E-state index is 14.3. The first-order valence-electron chi connectivity index (χ1n) is 10.5. The topological polar surface area (TPSA) is 32.3 Å². The Morgan fingerprint density at radius 2 is 2.10 bits per heavy atom. The monoisotopic (exact) mass is 410 g/mol. The fourth-order valence-electron chi connectivity index (χ4n) is 3.72. The van der Waals surface area contributed by atoms with E-state index in [9.17, 15) is 13.6 Å². The van der Waals surface area contributed by atoms with Gasteiger partial charge in [0.05, 0.1) is 11.7 Å². The Balaban J connectivity index is 1.59. The highest BCUT2D eigenvalue weighted by Crippen LogP contribution is 2.27. The maximum absolute atomic E-state index is 14.3. The summed E-state index contributed by atoms with van der Waals surface area (Å²) in [4.78, 5) is 14.4. The molecule has 158 valence electrons. The summed E-state index contributed by atoms with van der Waals surface area (Å²) in [6, 6.07) is 4.78. The number of amides is 1. The zero-order chi connectivity index (χ0) is 21.5. The molecule has 2 unspecified atom stereocenters. The number of rotatable bonds is 6. The number of hydrogen-bond donors (Lipinski definition) is 1. The molecule has 0 radical (unpaired) electrons. The molecule has 1 amide bonds. The molecule has 1 heterocycles. The van der Waals surface area contributed by atoms with Gasteiger partial charge in [0.25, 0.3) is 0 Å². The largest absolute Gasteiger partial charge is 0.369 e. The molecule has 1 N–H and O–H groups in total. The van der Waals surface area contributed by atoms with E-state index in [0.717, 1.165) is 42.6 Å². The van der Waals surface area contributed by atoms with Gasteiger partial charge in [0.15, 0.2) is 6.17 Å². The van der Waals surface area contributed by atoms with Gasteiger partial charge in [-0.05, 0) is 75.5 Å². The van der Waals surface area contributed by atoms with E-state index in [-0.39, 0.29) is 17.8 Å². The van der Waals surface area contributed by atoms with Crippen LogP contribution in [0.4, 0.5) is 14.5 Å². The molecule has 0 spiro atoms. The van der Waals surface area contributed by atoms with Crippen LogP contribution < -0.4 is 10.2 Å². The number of allylic oxidation sites excluding steroid dienone is 5. The average Bonchev–Trinajstić information content (AvgIpc) is 2.88. The lowest BCUT2D eigenvalue weighted by molar-refractivity contribution is -0.117. The minimum Gasteiger partial charge on any atom is -0.369 e. The Labute approximate surface area is 177 Å². The Morgan fingerprint density at radius 3 is 2.87 bits per heavy atom. The second kappa shape index (κ2) is 10.2. The van der Waals surface area contributed by atoms with Crippen LogP contribution >= 0.6 is 0 Å². The van der Waals surface area contributed by atoms with Gasteiger partial charge in [-0.1, -0.05) is 29.6 Å². The van der Waals surface area contributed by atoms with Crippen LogP contribution in [0.1, 0.15) is 51.1 Å². The van der Waals surface area contributed by atoms with Gasteiger partial charge in [0, 0.05) is 18.7 Å². The first-order chi connectivity index (χ1) is 14.4. The standard InChI is InChI=1S/C25H28F2N2O/c1-18-15-20(9-11-22(26)16-18)7-6-8-25(30)28-19(2)21-10-12-23(27)24(17-21)29-13-4-3-5-14-29/h6,8,10,12,15-17,19,22H,3-5,7,13-14H2,1-2H3,(H,28,30). The molecule has 1 aromatic rings. The molecule has 1 aromatic carbocycles. The van der Waals surface area contributed by atoms with Crippen LogP contribution in [-0.4, -0.2) is 25.2 Å². The van der Waals surface area contributed by atoms with Crippen LogP contribution in [0, 0.1) is 17.7 Å². The number of halogens is 2. The van der Waals surface area contributed by atoms with Gasteiger partial charge >= 0.3 is 0 Å². The minimum atomic E-state index is -1.25. The van der Waals surface area contributed by atoms with Gasteiger partial charge < -0.3 is 10.2 Å². The molecule has 30 heavy (non-hydrogen) atoms. The Hall–Kier alpha value is -2.87. The average molecular weight is 411 g/mol. The molecular formula is C25H28F2N2O. The van der Waals surface area contributed by atoms with Crippen LogP contribution in [0.5, 0.6) is 0 Å². The summed E-state index contributed by atoms with van der Waals surface area (Å²) in [6.45, 7) is 5.43. The van der Waals surface area contributed by atoms with Crippen molar-refractivity contribution in [3.8, 4) is 11.8 Å². The molecule has 0 bridgehead atoms. The smallest absolute Gasteiger partial charge is 0.244 e. The summed E-state index contributed by atoms with van der Waals surface area (Å²) < 4.78 is 27.7. The quantitative estimate of drug-likeness (QED) is 0.519. The van der Waals surface area contributed by atoms with Gasteiger partial charge in [-0.25, -0.2) is 8.78 Å². The van der Waals surface area contributed by atoms with Crippen LogP contribution in [0.2, 0.25) is 0 Å². The lowest BCUT2D eigenvalue weighted by atomic mass is 10.0. The first-order valence-corrected chi connectivity index (χ1v) is 10.5. The van der Waals surface area contributed by atoms with Crippen LogP contribution in [0.25, 0.3) is 0 Å². The lowest BCUT2D eigenvalue weighted by Crippen LogP contribution is -2.30. The third-order valence-corrected chi connectivity index (χ3v) is 5.31. The van der Waals surface area contributed by atoms with Crippen molar-refractivity contribution < 1.29 is 13.6 Å². The van der Waals surface area contributed by atoms with Crippen LogP contribution in [-0.2, 0) is 4.79 Å². The second-order valence-electron chi connectivity index (χ2n) is 7.85. The van der Waals surface area contributed by atoms with E-state index in [1.165, 1.54) is 24.6 Å². The molecule has 1 saturated heterocycles.